The van der Waals surface area contributed by atoms with Gasteiger partial charge in [-0.25, -0.2) is 9.67 Å². The molecule has 7 heteroatoms. The Hall–Kier alpha value is -2.83. The summed E-state index contributed by atoms with van der Waals surface area (Å²) >= 11 is 0. The number of unbranched alkanes of at least 4 members (excludes halogenated alkanes) is 1. The lowest BCUT2D eigenvalue weighted by Gasteiger charge is -2.22. The van der Waals surface area contributed by atoms with E-state index >= 15 is 0 Å². The summed E-state index contributed by atoms with van der Waals surface area (Å²) in [6.45, 7) is 2.65. The zero-order chi connectivity index (χ0) is 17.2. The lowest BCUT2D eigenvalue weighted by Crippen LogP contribution is -2.25. The Labute approximate surface area is 145 Å². The second-order valence-electron chi connectivity index (χ2n) is 6.38. The van der Waals surface area contributed by atoms with Crippen LogP contribution in [0.5, 0.6) is 0 Å². The van der Waals surface area contributed by atoms with Crippen LogP contribution in [0.3, 0.4) is 0 Å². The van der Waals surface area contributed by atoms with Gasteiger partial charge in [0.15, 0.2) is 0 Å². The molecule has 0 bridgehead atoms. The number of aromatic amines is 1. The van der Waals surface area contributed by atoms with Crippen molar-refractivity contribution in [1.29, 1.82) is 0 Å². The number of anilines is 1. The summed E-state index contributed by atoms with van der Waals surface area (Å²) in [7, 11) is 0. The zero-order valence-electron chi connectivity index (χ0n) is 14.2. The third kappa shape index (κ3) is 3.09. The van der Waals surface area contributed by atoms with Gasteiger partial charge in [0.05, 0.1) is 12.5 Å². The van der Waals surface area contributed by atoms with E-state index < -0.39 is 0 Å². The van der Waals surface area contributed by atoms with Crippen LogP contribution in [0.1, 0.15) is 54.9 Å². The zero-order valence-corrected chi connectivity index (χ0v) is 14.2. The quantitative estimate of drug-likeness (QED) is 0.722. The normalized spacial score (nSPS) is 16.7. The van der Waals surface area contributed by atoms with E-state index in [9.17, 15) is 4.79 Å². The number of nitrogens with one attached hydrogen (secondary N) is 2. The summed E-state index contributed by atoms with van der Waals surface area (Å²) < 4.78 is 7.16. The highest BCUT2D eigenvalue weighted by Crippen LogP contribution is 2.36. The molecule has 1 aliphatic rings. The molecule has 0 saturated carbocycles. The fraction of sp³-hybridized carbons (Fsp3) is 0.389. The number of aryl methyl sites for hydroxylation is 1. The standard InChI is InChI=1S/C18H21N5O2/c1-2-3-6-16-19-10-15(21-16)13-8-17(24)22-18-14(13)9-20-23(18)11-12-5-4-7-25-12/h4-5,7,9-10,13H,2-3,6,8,11H2,1H3,(H,19,21)(H,22,24)/t13-/m1/s1. The molecule has 0 spiro atoms. The van der Waals surface area contributed by atoms with Gasteiger partial charge in [0.25, 0.3) is 0 Å². The van der Waals surface area contributed by atoms with Crippen molar-refractivity contribution in [1.82, 2.24) is 19.7 Å². The molecular formula is C18H21N5O2. The minimum absolute atomic E-state index is 0.0107. The van der Waals surface area contributed by atoms with E-state index in [4.69, 9.17) is 4.42 Å². The van der Waals surface area contributed by atoms with Gasteiger partial charge < -0.3 is 14.7 Å². The topological polar surface area (TPSA) is 88.7 Å². The Bertz CT molecular complexity index is 862. The smallest absolute Gasteiger partial charge is 0.226 e. The number of imidazole rings is 1. The molecule has 1 aliphatic heterocycles. The van der Waals surface area contributed by atoms with Crippen LogP contribution in [0.2, 0.25) is 0 Å². The molecule has 3 aromatic heterocycles. The number of carbonyl (C=O) groups is 1. The molecule has 2 N–H and O–H groups in total. The summed E-state index contributed by atoms with van der Waals surface area (Å²) in [6, 6.07) is 3.74. The number of fused-ring (bicyclic) bond motifs is 1. The fourth-order valence-corrected chi connectivity index (χ4v) is 3.24. The largest absolute Gasteiger partial charge is 0.467 e. The molecular weight excluding hydrogens is 318 g/mol. The van der Waals surface area contributed by atoms with Crippen LogP contribution in [-0.4, -0.2) is 25.7 Å². The molecule has 130 valence electrons. The second kappa shape index (κ2) is 6.58. The minimum atomic E-state index is -0.0445. The number of H-pyrrole nitrogens is 1. The third-order valence-corrected chi connectivity index (χ3v) is 4.57. The Balaban J connectivity index is 1.62. The highest BCUT2D eigenvalue weighted by Gasteiger charge is 2.31. The SMILES string of the molecule is CCCCc1ncc([C@@H]2CC(=O)Nc3c2cnn3Cc2ccco2)[nH]1. The summed E-state index contributed by atoms with van der Waals surface area (Å²) in [6.07, 6.45) is 8.87. The van der Waals surface area contributed by atoms with Crippen LogP contribution in [0, 0.1) is 0 Å². The molecule has 7 nitrogen and oxygen atoms in total. The maximum Gasteiger partial charge on any atom is 0.226 e. The van der Waals surface area contributed by atoms with Gasteiger partial charge in [0.1, 0.15) is 23.9 Å². The molecule has 1 amide bonds. The van der Waals surface area contributed by atoms with E-state index in [-0.39, 0.29) is 11.8 Å². The molecule has 4 rings (SSSR count). The molecule has 0 unspecified atom stereocenters. The van der Waals surface area contributed by atoms with Crippen molar-refractivity contribution in [3.8, 4) is 0 Å². The van der Waals surface area contributed by atoms with E-state index in [0.29, 0.717) is 13.0 Å². The summed E-state index contributed by atoms with van der Waals surface area (Å²) in [4.78, 5) is 20.1. The minimum Gasteiger partial charge on any atom is -0.467 e. The molecule has 0 fully saturated rings. The van der Waals surface area contributed by atoms with Crippen molar-refractivity contribution in [3.63, 3.8) is 0 Å². The Morgan fingerprint density at radius 1 is 1.40 bits per heavy atom. The van der Waals surface area contributed by atoms with Gasteiger partial charge in [0.2, 0.25) is 5.91 Å². The van der Waals surface area contributed by atoms with Gasteiger partial charge in [-0.3, -0.25) is 4.79 Å². The first-order valence-electron chi connectivity index (χ1n) is 8.66. The Morgan fingerprint density at radius 3 is 3.12 bits per heavy atom. The number of furan rings is 1. The van der Waals surface area contributed by atoms with Crippen molar-refractivity contribution in [3.05, 3.63) is 53.6 Å². The van der Waals surface area contributed by atoms with Gasteiger partial charge in [0, 0.05) is 36.2 Å². The fourth-order valence-electron chi connectivity index (χ4n) is 3.24. The molecule has 0 radical (unpaired) electrons. The van der Waals surface area contributed by atoms with Crippen molar-refractivity contribution >= 4 is 11.7 Å². The van der Waals surface area contributed by atoms with Crippen LogP contribution in [0.25, 0.3) is 0 Å². The van der Waals surface area contributed by atoms with Gasteiger partial charge in [-0.15, -0.1) is 0 Å². The van der Waals surface area contributed by atoms with Crippen LogP contribution in [0.15, 0.2) is 35.2 Å². The van der Waals surface area contributed by atoms with Gasteiger partial charge in [-0.05, 0) is 18.6 Å². The van der Waals surface area contributed by atoms with E-state index in [1.165, 1.54) is 0 Å². The number of nitrogens with zero attached hydrogens (tertiary/aromatic N) is 3. The van der Waals surface area contributed by atoms with E-state index in [0.717, 1.165) is 47.9 Å². The second-order valence-corrected chi connectivity index (χ2v) is 6.38. The summed E-state index contributed by atoms with van der Waals surface area (Å²) in [5.74, 6) is 2.46. The highest BCUT2D eigenvalue weighted by atomic mass is 16.3. The lowest BCUT2D eigenvalue weighted by atomic mass is 9.91. The number of hydrogen-bond acceptors (Lipinski definition) is 4. The summed E-state index contributed by atoms with van der Waals surface area (Å²) in [5.41, 5.74) is 1.98. The van der Waals surface area contributed by atoms with Crippen LogP contribution in [0.4, 0.5) is 5.82 Å². The molecule has 0 saturated heterocycles. The molecule has 0 aliphatic carbocycles. The van der Waals surface area contributed by atoms with E-state index in [1.54, 1.807) is 10.9 Å². The molecule has 1 atom stereocenters. The van der Waals surface area contributed by atoms with Crippen molar-refractivity contribution in [2.45, 2.75) is 45.1 Å². The Morgan fingerprint density at radius 2 is 2.32 bits per heavy atom. The van der Waals surface area contributed by atoms with E-state index in [1.807, 2.05) is 24.5 Å². The monoisotopic (exact) mass is 339 g/mol. The van der Waals surface area contributed by atoms with Crippen LogP contribution in [-0.2, 0) is 17.8 Å². The molecule has 25 heavy (non-hydrogen) atoms. The van der Waals surface area contributed by atoms with Crippen LogP contribution < -0.4 is 5.32 Å². The van der Waals surface area contributed by atoms with Crippen molar-refractivity contribution in [2.75, 3.05) is 5.32 Å². The van der Waals surface area contributed by atoms with Crippen LogP contribution >= 0.6 is 0 Å². The Kier molecular flexibility index (Phi) is 4.13. The maximum atomic E-state index is 12.2. The average molecular weight is 339 g/mol. The maximum absolute atomic E-state index is 12.2. The number of aromatic nitrogens is 4. The number of carbonyl (C=O) groups excluding carboxylic acids is 1. The predicted molar refractivity (Wildman–Crippen MR) is 92.3 cm³/mol. The molecule has 0 aromatic carbocycles. The third-order valence-electron chi connectivity index (χ3n) is 4.57. The average Bonchev–Trinajstić information content (AvgIpc) is 3.34. The van der Waals surface area contributed by atoms with Gasteiger partial charge in [-0.1, -0.05) is 13.3 Å². The molecule has 3 aromatic rings. The molecule has 4 heterocycles. The first-order chi connectivity index (χ1) is 12.2. The summed E-state index contributed by atoms with van der Waals surface area (Å²) in [5, 5.41) is 7.39. The van der Waals surface area contributed by atoms with Crippen molar-refractivity contribution in [2.24, 2.45) is 0 Å². The first kappa shape index (κ1) is 15.7. The van der Waals surface area contributed by atoms with Gasteiger partial charge in [-0.2, -0.15) is 5.10 Å². The predicted octanol–water partition coefficient (Wildman–Crippen LogP) is 3.06. The number of amides is 1. The number of rotatable bonds is 6. The van der Waals surface area contributed by atoms with E-state index in [2.05, 4.69) is 27.3 Å². The first-order valence-corrected chi connectivity index (χ1v) is 8.66. The number of hydrogen-bond donors (Lipinski definition) is 2. The van der Waals surface area contributed by atoms with Gasteiger partial charge >= 0.3 is 0 Å². The highest BCUT2D eigenvalue weighted by molar-refractivity contribution is 5.94. The lowest BCUT2D eigenvalue weighted by molar-refractivity contribution is -0.116. The van der Waals surface area contributed by atoms with Crippen molar-refractivity contribution < 1.29 is 9.21 Å².